The molecule has 2 saturated heterocycles. The van der Waals surface area contributed by atoms with Gasteiger partial charge in [0.1, 0.15) is 0 Å². The van der Waals surface area contributed by atoms with Crippen molar-refractivity contribution in [3.63, 3.8) is 0 Å². The van der Waals surface area contributed by atoms with E-state index in [2.05, 4.69) is 15.1 Å². The highest BCUT2D eigenvalue weighted by Crippen LogP contribution is 2.33. The lowest BCUT2D eigenvalue weighted by Gasteiger charge is -2.29. The van der Waals surface area contributed by atoms with E-state index >= 15 is 0 Å². The topological polar surface area (TPSA) is 72.5 Å². The van der Waals surface area contributed by atoms with Gasteiger partial charge in [-0.05, 0) is 68.6 Å². The number of amides is 1. The van der Waals surface area contributed by atoms with E-state index in [-0.39, 0.29) is 31.1 Å². The van der Waals surface area contributed by atoms with Gasteiger partial charge in [0, 0.05) is 39.3 Å². The van der Waals surface area contributed by atoms with E-state index in [4.69, 9.17) is 18.9 Å². The smallest absolute Gasteiger partial charge is 0.262 e. The summed E-state index contributed by atoms with van der Waals surface area (Å²) >= 11 is 0. The highest BCUT2D eigenvalue weighted by molar-refractivity contribution is 5.81. The molecule has 1 N–H and O–H groups in total. The van der Waals surface area contributed by atoms with Crippen LogP contribution in [0.4, 0.5) is 4.39 Å². The Labute approximate surface area is 217 Å². The van der Waals surface area contributed by atoms with Crippen LogP contribution in [0.15, 0.2) is 42.5 Å². The summed E-state index contributed by atoms with van der Waals surface area (Å²) in [7, 11) is 0. The summed E-state index contributed by atoms with van der Waals surface area (Å²) in [6, 6.07) is 12.1. The number of benzene rings is 2. The van der Waals surface area contributed by atoms with Crippen molar-refractivity contribution in [3.8, 4) is 17.2 Å². The summed E-state index contributed by atoms with van der Waals surface area (Å²) in [5.74, 6) is 0.785. The average Bonchev–Trinajstić information content (AvgIpc) is 3.68. The minimum absolute atomic E-state index is 0.0716. The molecule has 0 spiro atoms. The second kappa shape index (κ2) is 12.6. The van der Waals surface area contributed by atoms with Gasteiger partial charge in [-0.15, -0.1) is 0 Å². The number of carbonyl (C=O) groups excluding carboxylic acids is 1. The Bertz CT molecular complexity index is 1040. The Balaban J connectivity index is 1.30. The minimum Gasteiger partial charge on any atom is -0.476 e. The second-order valence-corrected chi connectivity index (χ2v) is 9.89. The minimum atomic E-state index is -0.883. The molecule has 0 bridgehead atoms. The Morgan fingerprint density at radius 1 is 1.14 bits per heavy atom. The predicted octanol–water partition coefficient (Wildman–Crippen LogP) is 3.20. The zero-order valence-corrected chi connectivity index (χ0v) is 21.2. The molecule has 0 aromatic heterocycles. The van der Waals surface area contributed by atoms with Crippen LogP contribution in [-0.2, 0) is 16.1 Å². The molecule has 37 heavy (non-hydrogen) atoms. The fourth-order valence-corrected chi connectivity index (χ4v) is 5.14. The molecule has 3 aliphatic heterocycles. The van der Waals surface area contributed by atoms with Crippen LogP contribution >= 0.6 is 0 Å². The monoisotopic (exact) mass is 513 g/mol. The molecule has 5 rings (SSSR count). The molecule has 0 aliphatic carbocycles. The lowest BCUT2D eigenvalue weighted by atomic mass is 10.1. The standard InChI is InChI=1S/C28H36FN3O5/c29-23-7-1-2-8-24(23)37-27(28(33)30-11-14-31-12-3-4-13-31)19-32(18-22-6-5-15-34-22)17-21-9-10-25-26(16-21)36-20-35-25/h1-2,7-10,16,22,27H,3-6,11-15,17-20H2,(H,30,33)/t22-,27-/m1/s1. The van der Waals surface area contributed by atoms with E-state index in [0.29, 0.717) is 25.4 Å². The fraction of sp³-hybridized carbons (Fsp3) is 0.536. The number of carbonyl (C=O) groups is 1. The molecule has 2 atom stereocenters. The van der Waals surface area contributed by atoms with Crippen LogP contribution in [0.1, 0.15) is 31.2 Å². The molecule has 3 aliphatic rings. The summed E-state index contributed by atoms with van der Waals surface area (Å²) < 4.78 is 37.4. The van der Waals surface area contributed by atoms with Crippen molar-refractivity contribution in [3.05, 3.63) is 53.8 Å². The van der Waals surface area contributed by atoms with Gasteiger partial charge in [0.15, 0.2) is 29.2 Å². The van der Waals surface area contributed by atoms with E-state index in [9.17, 15) is 9.18 Å². The van der Waals surface area contributed by atoms with Crippen molar-refractivity contribution in [1.82, 2.24) is 15.1 Å². The molecular formula is C28H36FN3O5. The molecule has 9 heteroatoms. The molecule has 2 fully saturated rings. The summed E-state index contributed by atoms with van der Waals surface area (Å²) in [4.78, 5) is 17.8. The molecule has 0 radical (unpaired) electrons. The molecule has 2 aromatic rings. The van der Waals surface area contributed by atoms with Crippen molar-refractivity contribution in [2.45, 2.75) is 44.4 Å². The average molecular weight is 514 g/mol. The van der Waals surface area contributed by atoms with E-state index in [0.717, 1.165) is 50.4 Å². The maximum absolute atomic E-state index is 14.5. The maximum Gasteiger partial charge on any atom is 0.262 e. The molecule has 0 saturated carbocycles. The third kappa shape index (κ3) is 7.12. The largest absolute Gasteiger partial charge is 0.476 e. The fourth-order valence-electron chi connectivity index (χ4n) is 5.14. The van der Waals surface area contributed by atoms with Gasteiger partial charge < -0.3 is 29.2 Å². The molecule has 200 valence electrons. The van der Waals surface area contributed by atoms with Crippen molar-refractivity contribution in [2.24, 2.45) is 0 Å². The number of nitrogens with one attached hydrogen (secondary N) is 1. The van der Waals surface area contributed by atoms with Crippen molar-refractivity contribution < 1.29 is 28.1 Å². The number of likely N-dealkylation sites (tertiary alicyclic amines) is 1. The first kappa shape index (κ1) is 25.8. The predicted molar refractivity (Wildman–Crippen MR) is 136 cm³/mol. The van der Waals surface area contributed by atoms with Gasteiger partial charge in [-0.25, -0.2) is 4.39 Å². The van der Waals surface area contributed by atoms with Gasteiger partial charge in [0.2, 0.25) is 6.79 Å². The quantitative estimate of drug-likeness (QED) is 0.467. The summed E-state index contributed by atoms with van der Waals surface area (Å²) in [5.41, 5.74) is 1.03. The van der Waals surface area contributed by atoms with Crippen LogP contribution in [-0.4, -0.2) is 80.6 Å². The number of rotatable bonds is 12. The van der Waals surface area contributed by atoms with Crippen LogP contribution in [0.5, 0.6) is 17.2 Å². The van der Waals surface area contributed by atoms with Crippen molar-refractivity contribution in [1.29, 1.82) is 0 Å². The lowest BCUT2D eigenvalue weighted by Crippen LogP contribution is -2.48. The number of hydrogen-bond donors (Lipinski definition) is 1. The van der Waals surface area contributed by atoms with Crippen molar-refractivity contribution in [2.75, 3.05) is 52.7 Å². The number of ether oxygens (including phenoxy) is 4. The Morgan fingerprint density at radius 2 is 1.97 bits per heavy atom. The van der Waals surface area contributed by atoms with Crippen LogP contribution in [0.3, 0.4) is 0 Å². The third-order valence-electron chi connectivity index (χ3n) is 7.08. The van der Waals surface area contributed by atoms with Crippen LogP contribution < -0.4 is 19.5 Å². The van der Waals surface area contributed by atoms with Crippen molar-refractivity contribution >= 4 is 5.91 Å². The molecular weight excluding hydrogens is 477 g/mol. The van der Waals surface area contributed by atoms with Gasteiger partial charge in [0.05, 0.1) is 6.10 Å². The SMILES string of the molecule is O=C(NCCN1CCCC1)[C@@H](CN(Cc1ccc2c(c1)OCO2)C[C@H]1CCCO1)Oc1ccccc1F. The first-order chi connectivity index (χ1) is 18.1. The van der Waals surface area contributed by atoms with Crippen LogP contribution in [0.2, 0.25) is 0 Å². The van der Waals surface area contributed by atoms with Gasteiger partial charge in [0.25, 0.3) is 5.91 Å². The number of hydrogen-bond acceptors (Lipinski definition) is 7. The number of halogens is 1. The Hall–Kier alpha value is -2.88. The molecule has 1 amide bonds. The zero-order chi connectivity index (χ0) is 25.5. The first-order valence-corrected chi connectivity index (χ1v) is 13.3. The number of nitrogens with zero attached hydrogens (tertiary/aromatic N) is 2. The van der Waals surface area contributed by atoms with E-state index in [1.165, 1.54) is 18.9 Å². The number of para-hydroxylation sites is 1. The van der Waals surface area contributed by atoms with Gasteiger partial charge in [-0.3, -0.25) is 9.69 Å². The summed E-state index contributed by atoms with van der Waals surface area (Å²) in [6.07, 6.45) is 3.59. The second-order valence-electron chi connectivity index (χ2n) is 9.89. The van der Waals surface area contributed by atoms with E-state index < -0.39 is 11.9 Å². The van der Waals surface area contributed by atoms with Gasteiger partial charge in [-0.2, -0.15) is 0 Å². The maximum atomic E-state index is 14.5. The van der Waals surface area contributed by atoms with Crippen LogP contribution in [0, 0.1) is 5.82 Å². The molecule has 3 heterocycles. The van der Waals surface area contributed by atoms with E-state index in [1.807, 2.05) is 18.2 Å². The van der Waals surface area contributed by atoms with Gasteiger partial charge >= 0.3 is 0 Å². The lowest BCUT2D eigenvalue weighted by molar-refractivity contribution is -0.129. The normalized spacial score (nSPS) is 19.9. The Morgan fingerprint density at radius 3 is 2.78 bits per heavy atom. The Kier molecular flexibility index (Phi) is 8.76. The highest BCUT2D eigenvalue weighted by Gasteiger charge is 2.28. The molecule has 2 aromatic carbocycles. The third-order valence-corrected chi connectivity index (χ3v) is 7.08. The highest BCUT2D eigenvalue weighted by atomic mass is 19.1. The molecule has 0 unspecified atom stereocenters. The number of fused-ring (bicyclic) bond motifs is 1. The van der Waals surface area contributed by atoms with Gasteiger partial charge in [-0.1, -0.05) is 18.2 Å². The van der Waals surface area contributed by atoms with Crippen LogP contribution in [0.25, 0.3) is 0 Å². The zero-order valence-electron chi connectivity index (χ0n) is 21.2. The summed E-state index contributed by atoms with van der Waals surface area (Å²) in [6.45, 7) is 5.92. The summed E-state index contributed by atoms with van der Waals surface area (Å²) in [5, 5.41) is 3.02. The first-order valence-electron chi connectivity index (χ1n) is 13.3. The molecule has 8 nitrogen and oxygen atoms in total. The van der Waals surface area contributed by atoms with E-state index in [1.54, 1.807) is 18.2 Å².